The number of nitrogens with one attached hydrogen (secondary N) is 1. The summed E-state index contributed by atoms with van der Waals surface area (Å²) in [6.45, 7) is 0. The topological polar surface area (TPSA) is 127 Å². The first kappa shape index (κ1) is 13.7. The highest BCUT2D eigenvalue weighted by atomic mass is 32.2. The predicted molar refractivity (Wildman–Crippen MR) is 70.5 cm³/mol. The molecular formula is C10H10N2O5S2. The monoisotopic (exact) mass is 302 g/mol. The van der Waals surface area contributed by atoms with Crippen molar-refractivity contribution < 1.29 is 21.4 Å². The standard InChI is InChI=1S/C10H10N2O5S2/c11-19(16,17)12-10-8-4-2-1-3-7(8)5-6-9(10)18(13,14)15/h1-6,12H,(H2,11,16,17)(H,13,14,15). The molecule has 0 heterocycles. The molecule has 2 aromatic carbocycles. The molecule has 102 valence electrons. The molecule has 0 unspecified atom stereocenters. The predicted octanol–water partition coefficient (Wildman–Crippen LogP) is 0.702. The molecule has 0 amide bonds. The van der Waals surface area contributed by atoms with Gasteiger partial charge in [0.25, 0.3) is 20.3 Å². The number of anilines is 1. The van der Waals surface area contributed by atoms with Crippen molar-refractivity contribution in [3.8, 4) is 0 Å². The molecule has 0 saturated carbocycles. The number of rotatable bonds is 3. The van der Waals surface area contributed by atoms with Crippen molar-refractivity contribution in [3.63, 3.8) is 0 Å². The van der Waals surface area contributed by atoms with E-state index in [0.29, 0.717) is 10.8 Å². The van der Waals surface area contributed by atoms with Crippen molar-refractivity contribution in [1.29, 1.82) is 0 Å². The lowest BCUT2D eigenvalue weighted by atomic mass is 10.1. The molecule has 9 heteroatoms. The second-order valence-corrected chi connectivity index (χ2v) is 6.47. The summed E-state index contributed by atoms with van der Waals surface area (Å²) in [7, 11) is -8.76. The Morgan fingerprint density at radius 2 is 1.63 bits per heavy atom. The van der Waals surface area contributed by atoms with E-state index in [1.807, 2.05) is 4.72 Å². The summed E-state index contributed by atoms with van der Waals surface area (Å²) in [6, 6.07) is 9.04. The summed E-state index contributed by atoms with van der Waals surface area (Å²) in [6.07, 6.45) is 0. The molecule has 0 aromatic heterocycles. The summed E-state index contributed by atoms with van der Waals surface area (Å²) in [4.78, 5) is -0.555. The van der Waals surface area contributed by atoms with Crippen LogP contribution in [0, 0.1) is 0 Å². The Morgan fingerprint density at radius 1 is 1.00 bits per heavy atom. The van der Waals surface area contributed by atoms with Crippen molar-refractivity contribution in [3.05, 3.63) is 36.4 Å². The molecular weight excluding hydrogens is 292 g/mol. The average molecular weight is 302 g/mol. The number of benzene rings is 2. The van der Waals surface area contributed by atoms with E-state index in [2.05, 4.69) is 0 Å². The summed E-state index contributed by atoms with van der Waals surface area (Å²) < 4.78 is 55.8. The Hall–Kier alpha value is -1.68. The molecule has 0 aliphatic rings. The van der Waals surface area contributed by atoms with Gasteiger partial charge in [0.15, 0.2) is 0 Å². The van der Waals surface area contributed by atoms with Crippen molar-refractivity contribution in [1.82, 2.24) is 0 Å². The molecule has 7 nitrogen and oxygen atoms in total. The lowest BCUT2D eigenvalue weighted by Gasteiger charge is -2.11. The van der Waals surface area contributed by atoms with Crippen LogP contribution in [0.25, 0.3) is 10.8 Å². The van der Waals surface area contributed by atoms with E-state index in [9.17, 15) is 16.8 Å². The van der Waals surface area contributed by atoms with Crippen LogP contribution in [0.3, 0.4) is 0 Å². The fourth-order valence-electron chi connectivity index (χ4n) is 1.71. The van der Waals surface area contributed by atoms with Gasteiger partial charge in [-0.05, 0) is 11.5 Å². The first-order chi connectivity index (χ1) is 8.68. The minimum atomic E-state index is -4.58. The van der Waals surface area contributed by atoms with Crippen LogP contribution in [0.2, 0.25) is 0 Å². The zero-order valence-electron chi connectivity index (χ0n) is 9.44. The largest absolute Gasteiger partial charge is 0.296 e. The normalized spacial score (nSPS) is 12.5. The molecule has 2 aromatic rings. The van der Waals surface area contributed by atoms with Gasteiger partial charge in [-0.15, -0.1) is 0 Å². The van der Waals surface area contributed by atoms with E-state index in [1.165, 1.54) is 12.1 Å². The van der Waals surface area contributed by atoms with Gasteiger partial charge < -0.3 is 0 Å². The van der Waals surface area contributed by atoms with Gasteiger partial charge >= 0.3 is 0 Å². The van der Waals surface area contributed by atoms with E-state index in [-0.39, 0.29) is 5.69 Å². The Morgan fingerprint density at radius 3 is 2.21 bits per heavy atom. The minimum Gasteiger partial charge on any atom is -0.282 e. The molecule has 0 radical (unpaired) electrons. The lowest BCUT2D eigenvalue weighted by molar-refractivity contribution is 0.484. The van der Waals surface area contributed by atoms with Gasteiger partial charge in [0.05, 0.1) is 5.69 Å². The third kappa shape index (κ3) is 3.01. The van der Waals surface area contributed by atoms with Crippen LogP contribution in [0.4, 0.5) is 5.69 Å². The molecule has 0 fully saturated rings. The van der Waals surface area contributed by atoms with Gasteiger partial charge in [0, 0.05) is 5.39 Å². The van der Waals surface area contributed by atoms with Crippen LogP contribution >= 0.6 is 0 Å². The fraction of sp³-hybridized carbons (Fsp3) is 0. The Labute approximate surface area is 110 Å². The number of hydrogen-bond acceptors (Lipinski definition) is 4. The molecule has 0 aliphatic carbocycles. The highest BCUT2D eigenvalue weighted by Gasteiger charge is 2.20. The van der Waals surface area contributed by atoms with Gasteiger partial charge in [0.1, 0.15) is 4.90 Å². The molecule has 0 spiro atoms. The maximum Gasteiger partial charge on any atom is 0.296 e. The van der Waals surface area contributed by atoms with Gasteiger partial charge in [-0.2, -0.15) is 16.8 Å². The smallest absolute Gasteiger partial charge is 0.282 e. The van der Waals surface area contributed by atoms with E-state index in [1.54, 1.807) is 18.2 Å². The van der Waals surface area contributed by atoms with Crippen molar-refractivity contribution in [2.75, 3.05) is 4.72 Å². The van der Waals surface area contributed by atoms with Crippen molar-refractivity contribution in [2.24, 2.45) is 5.14 Å². The highest BCUT2D eigenvalue weighted by molar-refractivity contribution is 7.90. The molecule has 4 N–H and O–H groups in total. The third-order valence-electron chi connectivity index (χ3n) is 2.41. The second-order valence-electron chi connectivity index (χ2n) is 3.78. The average Bonchev–Trinajstić information content (AvgIpc) is 2.25. The third-order valence-corrected chi connectivity index (χ3v) is 3.80. The number of fused-ring (bicyclic) bond motifs is 1. The SMILES string of the molecule is NS(=O)(=O)Nc1c(S(=O)(=O)O)ccc2ccccc12. The molecule has 0 aliphatic heterocycles. The van der Waals surface area contributed by atoms with Crippen LogP contribution in [0.15, 0.2) is 41.3 Å². The van der Waals surface area contributed by atoms with Crippen LogP contribution in [0.1, 0.15) is 0 Å². The van der Waals surface area contributed by atoms with Gasteiger partial charge in [-0.25, -0.2) is 5.14 Å². The van der Waals surface area contributed by atoms with E-state index in [4.69, 9.17) is 9.69 Å². The zero-order valence-corrected chi connectivity index (χ0v) is 11.1. The Bertz CT molecular complexity index is 843. The fourth-order valence-corrected chi connectivity index (χ4v) is 2.94. The molecule has 0 saturated heterocycles. The molecule has 2 rings (SSSR count). The zero-order chi connectivity index (χ0) is 14.3. The van der Waals surface area contributed by atoms with Gasteiger partial charge in [-0.3, -0.25) is 9.27 Å². The van der Waals surface area contributed by atoms with E-state index < -0.39 is 25.2 Å². The summed E-state index contributed by atoms with van der Waals surface area (Å²) in [5, 5.41) is 5.77. The van der Waals surface area contributed by atoms with Crippen LogP contribution in [0.5, 0.6) is 0 Å². The van der Waals surface area contributed by atoms with Gasteiger partial charge in [0.2, 0.25) is 0 Å². The first-order valence-corrected chi connectivity index (χ1v) is 7.97. The number of hydrogen-bond donors (Lipinski definition) is 3. The summed E-state index contributed by atoms with van der Waals surface area (Å²) in [5.74, 6) is 0. The maximum atomic E-state index is 11.3. The van der Waals surface area contributed by atoms with E-state index in [0.717, 1.165) is 6.07 Å². The quantitative estimate of drug-likeness (QED) is 0.719. The maximum absolute atomic E-state index is 11.3. The Kier molecular flexibility index (Phi) is 3.22. The minimum absolute atomic E-state index is 0.275. The van der Waals surface area contributed by atoms with Crippen molar-refractivity contribution >= 4 is 36.8 Å². The lowest BCUT2D eigenvalue weighted by Crippen LogP contribution is -2.23. The summed E-state index contributed by atoms with van der Waals surface area (Å²) >= 11 is 0. The number of nitrogens with two attached hydrogens (primary N) is 1. The van der Waals surface area contributed by atoms with Crippen molar-refractivity contribution in [2.45, 2.75) is 4.90 Å². The molecule has 19 heavy (non-hydrogen) atoms. The van der Waals surface area contributed by atoms with Crippen LogP contribution < -0.4 is 9.86 Å². The van der Waals surface area contributed by atoms with E-state index >= 15 is 0 Å². The first-order valence-electron chi connectivity index (χ1n) is 4.98. The molecule has 0 atom stereocenters. The van der Waals surface area contributed by atoms with Gasteiger partial charge in [-0.1, -0.05) is 30.3 Å². The van der Waals surface area contributed by atoms with Crippen LogP contribution in [-0.4, -0.2) is 21.4 Å². The van der Waals surface area contributed by atoms with Crippen LogP contribution in [-0.2, 0) is 20.3 Å². The Balaban J connectivity index is 2.87. The highest BCUT2D eigenvalue weighted by Crippen LogP contribution is 2.30. The molecule has 0 bridgehead atoms. The summed E-state index contributed by atoms with van der Waals surface area (Å²) in [5.41, 5.74) is -0.275. The second kappa shape index (κ2) is 4.46.